The second-order valence-corrected chi connectivity index (χ2v) is 3.97. The van der Waals surface area contributed by atoms with Gasteiger partial charge in [0.2, 0.25) is 5.13 Å². The molecule has 0 aliphatic heterocycles. The quantitative estimate of drug-likeness (QED) is 0.847. The number of rotatable bonds is 4. The summed E-state index contributed by atoms with van der Waals surface area (Å²) in [5, 5.41) is 13.1. The fourth-order valence-electron chi connectivity index (χ4n) is 1.06. The Balaban J connectivity index is 1.93. The van der Waals surface area contributed by atoms with Crippen LogP contribution in [-0.2, 0) is 13.0 Å². The number of aromatic nitrogens is 4. The minimum Gasteiger partial charge on any atom is -0.354 e. The molecule has 0 aromatic carbocycles. The summed E-state index contributed by atoms with van der Waals surface area (Å²) in [6.45, 7) is 2.69. The molecule has 0 aliphatic rings. The predicted octanol–water partition coefficient (Wildman–Crippen LogP) is 1.50. The summed E-state index contributed by atoms with van der Waals surface area (Å²) in [5.74, 6) is 0. The van der Waals surface area contributed by atoms with Crippen LogP contribution in [0.4, 0.5) is 5.13 Å². The first-order valence-corrected chi connectivity index (χ1v) is 5.51. The smallest absolute Gasteiger partial charge is 0.205 e. The van der Waals surface area contributed by atoms with Crippen molar-refractivity contribution in [1.29, 1.82) is 0 Å². The molecule has 0 unspecified atom stereocenters. The second kappa shape index (κ2) is 4.79. The van der Waals surface area contributed by atoms with Crippen molar-refractivity contribution in [1.82, 2.24) is 20.2 Å². The lowest BCUT2D eigenvalue weighted by Gasteiger charge is -1.99. The zero-order valence-corrected chi connectivity index (χ0v) is 9.16. The Morgan fingerprint density at radius 2 is 2.27 bits per heavy atom. The highest BCUT2D eigenvalue weighted by atomic mass is 32.1. The maximum atomic E-state index is 4.15. The Morgan fingerprint density at radius 1 is 1.33 bits per heavy atom. The van der Waals surface area contributed by atoms with E-state index in [-0.39, 0.29) is 0 Å². The van der Waals surface area contributed by atoms with Crippen LogP contribution in [-0.4, -0.2) is 20.2 Å². The van der Waals surface area contributed by atoms with Gasteiger partial charge in [-0.1, -0.05) is 18.3 Å². The van der Waals surface area contributed by atoms with Crippen molar-refractivity contribution in [3.05, 3.63) is 29.3 Å². The number of hydrogen-bond acceptors (Lipinski definition) is 6. The van der Waals surface area contributed by atoms with E-state index >= 15 is 0 Å². The summed E-state index contributed by atoms with van der Waals surface area (Å²) in [5.41, 5.74) is 0.894. The van der Waals surface area contributed by atoms with Crippen LogP contribution in [0.3, 0.4) is 0 Å². The predicted molar refractivity (Wildman–Crippen MR) is 58.6 cm³/mol. The van der Waals surface area contributed by atoms with Gasteiger partial charge in [-0.3, -0.25) is 9.97 Å². The van der Waals surface area contributed by atoms with E-state index in [4.69, 9.17) is 0 Å². The second-order valence-electron chi connectivity index (χ2n) is 2.90. The van der Waals surface area contributed by atoms with Crippen LogP contribution in [0.5, 0.6) is 0 Å². The van der Waals surface area contributed by atoms with Gasteiger partial charge in [-0.15, -0.1) is 10.2 Å². The third kappa shape index (κ3) is 2.69. The minimum absolute atomic E-state index is 0.631. The van der Waals surface area contributed by atoms with Gasteiger partial charge in [-0.05, 0) is 6.42 Å². The van der Waals surface area contributed by atoms with Gasteiger partial charge >= 0.3 is 0 Å². The molecule has 6 heteroatoms. The van der Waals surface area contributed by atoms with Crippen molar-refractivity contribution >= 4 is 16.5 Å². The monoisotopic (exact) mass is 221 g/mol. The van der Waals surface area contributed by atoms with Crippen molar-refractivity contribution in [3.8, 4) is 0 Å². The molecule has 0 spiro atoms. The van der Waals surface area contributed by atoms with E-state index in [0.29, 0.717) is 6.54 Å². The van der Waals surface area contributed by atoms with E-state index in [0.717, 1.165) is 22.3 Å². The molecule has 1 N–H and O–H groups in total. The van der Waals surface area contributed by atoms with Gasteiger partial charge in [0.05, 0.1) is 18.4 Å². The average Bonchev–Trinajstić information content (AvgIpc) is 2.76. The van der Waals surface area contributed by atoms with Crippen LogP contribution in [0.1, 0.15) is 17.6 Å². The van der Waals surface area contributed by atoms with Crippen LogP contribution in [0.25, 0.3) is 0 Å². The van der Waals surface area contributed by atoms with Gasteiger partial charge in [0.15, 0.2) is 0 Å². The Labute approximate surface area is 91.6 Å². The van der Waals surface area contributed by atoms with E-state index in [2.05, 4.69) is 32.4 Å². The molecule has 0 saturated carbocycles. The zero-order valence-electron chi connectivity index (χ0n) is 8.34. The van der Waals surface area contributed by atoms with E-state index < -0.39 is 0 Å². The zero-order chi connectivity index (χ0) is 10.5. The highest BCUT2D eigenvalue weighted by molar-refractivity contribution is 7.15. The fraction of sp³-hybridized carbons (Fsp3) is 0.333. The summed E-state index contributed by atoms with van der Waals surface area (Å²) in [6.07, 6.45) is 5.98. The summed E-state index contributed by atoms with van der Waals surface area (Å²) >= 11 is 1.57. The lowest BCUT2D eigenvalue weighted by atomic mass is 10.4. The van der Waals surface area contributed by atoms with E-state index in [1.54, 1.807) is 29.9 Å². The SMILES string of the molecule is CCc1nnc(NCc2cnccn2)s1. The van der Waals surface area contributed by atoms with Crippen molar-refractivity contribution in [2.24, 2.45) is 0 Å². The van der Waals surface area contributed by atoms with Crippen LogP contribution < -0.4 is 5.32 Å². The molecular weight excluding hydrogens is 210 g/mol. The van der Waals surface area contributed by atoms with E-state index in [1.807, 2.05) is 0 Å². The largest absolute Gasteiger partial charge is 0.354 e. The number of nitrogens with zero attached hydrogens (tertiary/aromatic N) is 4. The maximum absolute atomic E-state index is 4.15. The number of aryl methyl sites for hydroxylation is 1. The third-order valence-electron chi connectivity index (χ3n) is 1.81. The molecule has 15 heavy (non-hydrogen) atoms. The van der Waals surface area contributed by atoms with Crippen LogP contribution >= 0.6 is 11.3 Å². The lowest BCUT2D eigenvalue weighted by Crippen LogP contribution is -2.01. The van der Waals surface area contributed by atoms with Crippen molar-refractivity contribution in [3.63, 3.8) is 0 Å². The highest BCUT2D eigenvalue weighted by Gasteiger charge is 2.01. The minimum atomic E-state index is 0.631. The Morgan fingerprint density at radius 3 is 2.93 bits per heavy atom. The van der Waals surface area contributed by atoms with Crippen molar-refractivity contribution in [2.75, 3.05) is 5.32 Å². The standard InChI is InChI=1S/C9H11N5S/c1-2-8-13-14-9(15-8)12-6-7-5-10-3-4-11-7/h3-5H,2,6H2,1H3,(H,12,14). The summed E-state index contributed by atoms with van der Waals surface area (Å²) in [7, 11) is 0. The van der Waals surface area contributed by atoms with Crippen LogP contribution in [0, 0.1) is 0 Å². The van der Waals surface area contributed by atoms with Crippen molar-refractivity contribution < 1.29 is 0 Å². The van der Waals surface area contributed by atoms with Gasteiger partial charge in [-0.2, -0.15) is 0 Å². The molecule has 2 rings (SSSR count). The number of anilines is 1. The van der Waals surface area contributed by atoms with Gasteiger partial charge in [0.1, 0.15) is 5.01 Å². The van der Waals surface area contributed by atoms with Crippen LogP contribution in [0.2, 0.25) is 0 Å². The molecule has 0 saturated heterocycles. The number of hydrogen-bond donors (Lipinski definition) is 1. The summed E-state index contributed by atoms with van der Waals surface area (Å²) in [4.78, 5) is 8.14. The molecule has 5 nitrogen and oxygen atoms in total. The molecule has 0 aliphatic carbocycles. The van der Waals surface area contributed by atoms with Gasteiger partial charge < -0.3 is 5.32 Å². The molecule has 0 fully saturated rings. The molecule has 78 valence electrons. The molecule has 2 heterocycles. The Hall–Kier alpha value is -1.56. The highest BCUT2D eigenvalue weighted by Crippen LogP contribution is 2.15. The molecular formula is C9H11N5S. The topological polar surface area (TPSA) is 63.6 Å². The third-order valence-corrected chi connectivity index (χ3v) is 2.83. The summed E-state index contributed by atoms with van der Waals surface area (Å²) < 4.78 is 0. The normalized spacial score (nSPS) is 10.2. The first kappa shape index (κ1) is 9.97. The lowest BCUT2D eigenvalue weighted by molar-refractivity contribution is 0.960. The summed E-state index contributed by atoms with van der Waals surface area (Å²) in [6, 6.07) is 0. The first-order chi connectivity index (χ1) is 7.38. The molecule has 0 amide bonds. The Kier molecular flexibility index (Phi) is 3.18. The molecule has 0 bridgehead atoms. The molecule has 2 aromatic heterocycles. The van der Waals surface area contributed by atoms with Gasteiger partial charge in [0, 0.05) is 12.4 Å². The average molecular weight is 221 g/mol. The van der Waals surface area contributed by atoms with E-state index in [1.165, 1.54) is 0 Å². The van der Waals surface area contributed by atoms with E-state index in [9.17, 15) is 0 Å². The molecule has 2 aromatic rings. The van der Waals surface area contributed by atoms with Gasteiger partial charge in [-0.25, -0.2) is 0 Å². The maximum Gasteiger partial charge on any atom is 0.205 e. The molecule has 0 atom stereocenters. The Bertz CT molecular complexity index is 413. The van der Waals surface area contributed by atoms with Crippen LogP contribution in [0.15, 0.2) is 18.6 Å². The number of nitrogens with one attached hydrogen (secondary N) is 1. The first-order valence-electron chi connectivity index (χ1n) is 4.69. The fourth-order valence-corrected chi connectivity index (χ4v) is 1.73. The van der Waals surface area contributed by atoms with Gasteiger partial charge in [0.25, 0.3) is 0 Å². The van der Waals surface area contributed by atoms with Crippen molar-refractivity contribution in [2.45, 2.75) is 19.9 Å². The molecule has 0 radical (unpaired) electrons.